The molecule has 36 heavy (non-hydrogen) atoms. The SMILES string of the molecule is CC(=O)Nc1ccc(Cc2nc3c([nH]2)c(=O)n(Cc2ccccc2F)c(=O)n3CCCC(N)=O)cc1. The van der Waals surface area contributed by atoms with Crippen LogP contribution in [0.1, 0.15) is 36.7 Å². The van der Waals surface area contributed by atoms with Gasteiger partial charge < -0.3 is 16.0 Å². The largest absolute Gasteiger partial charge is 0.370 e. The molecular weight excluding hydrogens is 467 g/mol. The molecule has 0 aliphatic carbocycles. The number of aromatic amines is 1. The third-order valence-electron chi connectivity index (χ3n) is 5.65. The number of rotatable bonds is 9. The molecule has 2 aromatic heterocycles. The summed E-state index contributed by atoms with van der Waals surface area (Å²) < 4.78 is 16.5. The molecule has 0 aliphatic rings. The number of primary amides is 1. The summed E-state index contributed by atoms with van der Waals surface area (Å²) in [6, 6.07) is 13.0. The van der Waals surface area contributed by atoms with Crippen molar-refractivity contribution < 1.29 is 14.0 Å². The van der Waals surface area contributed by atoms with Crippen LogP contribution in [-0.4, -0.2) is 30.9 Å². The predicted octanol–water partition coefficient (Wildman–Crippen LogP) is 1.89. The van der Waals surface area contributed by atoms with Crippen molar-refractivity contribution in [3.8, 4) is 0 Å². The Bertz CT molecular complexity index is 1550. The molecule has 0 spiro atoms. The topological polar surface area (TPSA) is 145 Å². The molecular formula is C25H25FN6O4. The number of hydrogen-bond donors (Lipinski definition) is 3. The number of benzene rings is 2. The number of nitrogens with one attached hydrogen (secondary N) is 2. The maximum Gasteiger partial charge on any atom is 0.333 e. The number of anilines is 1. The normalized spacial score (nSPS) is 11.1. The van der Waals surface area contributed by atoms with E-state index in [4.69, 9.17) is 5.73 Å². The lowest BCUT2D eigenvalue weighted by Gasteiger charge is -2.11. The highest BCUT2D eigenvalue weighted by molar-refractivity contribution is 5.88. The summed E-state index contributed by atoms with van der Waals surface area (Å²) in [5, 5.41) is 2.69. The summed E-state index contributed by atoms with van der Waals surface area (Å²) >= 11 is 0. The van der Waals surface area contributed by atoms with Gasteiger partial charge in [0.25, 0.3) is 5.56 Å². The molecule has 4 N–H and O–H groups in total. The van der Waals surface area contributed by atoms with Gasteiger partial charge in [0.05, 0.1) is 6.54 Å². The van der Waals surface area contributed by atoms with Crippen molar-refractivity contribution >= 4 is 28.7 Å². The number of nitrogens with two attached hydrogens (primary N) is 1. The Labute approximate surface area is 204 Å². The fourth-order valence-electron chi connectivity index (χ4n) is 3.95. The second kappa shape index (κ2) is 10.4. The number of imidazole rings is 1. The fourth-order valence-corrected chi connectivity index (χ4v) is 3.95. The molecule has 186 valence electrons. The van der Waals surface area contributed by atoms with Crippen molar-refractivity contribution in [2.24, 2.45) is 5.73 Å². The number of fused-ring (bicyclic) bond motifs is 1. The standard InChI is InChI=1S/C25H25FN6O4/c1-15(33)28-18-10-8-16(9-11-18)13-21-29-22-23(30-21)31(12-4-7-20(27)34)25(36)32(24(22)35)14-17-5-2-3-6-19(17)26/h2-3,5-6,8-11H,4,7,12-14H2,1H3,(H2,27,34)(H,28,33)(H,29,30). The Hall–Kier alpha value is -4.54. The number of hydrogen-bond acceptors (Lipinski definition) is 5. The monoisotopic (exact) mass is 492 g/mol. The average Bonchev–Trinajstić information content (AvgIpc) is 3.24. The third-order valence-corrected chi connectivity index (χ3v) is 5.65. The Morgan fingerprint density at radius 3 is 2.47 bits per heavy atom. The molecule has 4 rings (SSSR count). The van der Waals surface area contributed by atoms with E-state index in [0.29, 0.717) is 17.9 Å². The molecule has 0 saturated heterocycles. The van der Waals surface area contributed by atoms with Crippen molar-refractivity contribution in [1.29, 1.82) is 0 Å². The molecule has 0 fully saturated rings. The minimum Gasteiger partial charge on any atom is -0.370 e. The van der Waals surface area contributed by atoms with Gasteiger partial charge in [0.2, 0.25) is 11.8 Å². The molecule has 11 heteroatoms. The van der Waals surface area contributed by atoms with Crippen molar-refractivity contribution in [2.45, 2.75) is 39.3 Å². The minimum absolute atomic E-state index is 0.0539. The van der Waals surface area contributed by atoms with Crippen LogP contribution in [0.2, 0.25) is 0 Å². The summed E-state index contributed by atoms with van der Waals surface area (Å²) in [7, 11) is 0. The molecule has 10 nitrogen and oxygen atoms in total. The van der Waals surface area contributed by atoms with E-state index in [1.165, 1.54) is 29.7 Å². The zero-order valence-electron chi connectivity index (χ0n) is 19.6. The quantitative estimate of drug-likeness (QED) is 0.327. The van der Waals surface area contributed by atoms with E-state index in [2.05, 4.69) is 15.3 Å². The van der Waals surface area contributed by atoms with Gasteiger partial charge in [-0.3, -0.25) is 23.5 Å². The number of amides is 2. The minimum atomic E-state index is -0.655. The highest BCUT2D eigenvalue weighted by Crippen LogP contribution is 2.15. The summed E-state index contributed by atoms with van der Waals surface area (Å²) in [6.07, 6.45) is 0.657. The zero-order valence-corrected chi connectivity index (χ0v) is 19.6. The molecule has 0 aliphatic heterocycles. The zero-order chi connectivity index (χ0) is 25.8. The average molecular weight is 493 g/mol. The van der Waals surface area contributed by atoms with E-state index in [0.717, 1.165) is 10.1 Å². The fraction of sp³-hybridized carbons (Fsp3) is 0.240. The number of aryl methyl sites for hydroxylation is 1. The van der Waals surface area contributed by atoms with Crippen LogP contribution in [0.4, 0.5) is 10.1 Å². The molecule has 2 amide bonds. The maximum atomic E-state index is 14.3. The number of aromatic nitrogens is 4. The van der Waals surface area contributed by atoms with Gasteiger partial charge in [0.15, 0.2) is 5.65 Å². The molecule has 0 bridgehead atoms. The lowest BCUT2D eigenvalue weighted by Crippen LogP contribution is -2.40. The third kappa shape index (κ3) is 5.40. The van der Waals surface area contributed by atoms with Crippen molar-refractivity contribution in [3.63, 3.8) is 0 Å². The van der Waals surface area contributed by atoms with Gasteiger partial charge in [-0.25, -0.2) is 14.2 Å². The van der Waals surface area contributed by atoms with Gasteiger partial charge in [-0.1, -0.05) is 30.3 Å². The Kier molecular flexibility index (Phi) is 7.09. The van der Waals surface area contributed by atoms with Gasteiger partial charge in [-0.05, 0) is 30.2 Å². The van der Waals surface area contributed by atoms with E-state index in [-0.39, 0.29) is 48.6 Å². The molecule has 0 unspecified atom stereocenters. The molecule has 0 atom stereocenters. The maximum absolute atomic E-state index is 14.3. The van der Waals surface area contributed by atoms with Gasteiger partial charge in [0.1, 0.15) is 17.2 Å². The molecule has 2 heterocycles. The molecule has 0 radical (unpaired) electrons. The van der Waals surface area contributed by atoms with E-state index >= 15 is 0 Å². The van der Waals surface area contributed by atoms with E-state index in [9.17, 15) is 23.6 Å². The highest BCUT2D eigenvalue weighted by Gasteiger charge is 2.19. The lowest BCUT2D eigenvalue weighted by molar-refractivity contribution is -0.118. The van der Waals surface area contributed by atoms with Crippen LogP contribution in [0, 0.1) is 5.82 Å². The summed E-state index contributed by atoms with van der Waals surface area (Å²) in [5.41, 5.74) is 5.93. The summed E-state index contributed by atoms with van der Waals surface area (Å²) in [6.45, 7) is 1.27. The lowest BCUT2D eigenvalue weighted by atomic mass is 10.1. The van der Waals surface area contributed by atoms with Crippen molar-refractivity contribution in [2.75, 3.05) is 5.32 Å². The first kappa shape index (κ1) is 24.6. The highest BCUT2D eigenvalue weighted by atomic mass is 19.1. The number of carbonyl (C=O) groups is 2. The van der Waals surface area contributed by atoms with Crippen molar-refractivity contribution in [1.82, 2.24) is 19.1 Å². The number of carbonyl (C=O) groups excluding carboxylic acids is 2. The number of nitrogens with zero attached hydrogens (tertiary/aromatic N) is 3. The summed E-state index contributed by atoms with van der Waals surface area (Å²) in [4.78, 5) is 56.5. The number of halogens is 1. The van der Waals surface area contributed by atoms with Crippen LogP contribution in [0.15, 0.2) is 58.1 Å². The van der Waals surface area contributed by atoms with Crippen molar-refractivity contribution in [3.05, 3.63) is 92.1 Å². The van der Waals surface area contributed by atoms with Crippen LogP contribution in [0.3, 0.4) is 0 Å². The molecule has 2 aromatic carbocycles. The van der Waals surface area contributed by atoms with Crippen LogP contribution in [0.5, 0.6) is 0 Å². The van der Waals surface area contributed by atoms with Gasteiger partial charge >= 0.3 is 5.69 Å². The second-order valence-corrected chi connectivity index (χ2v) is 8.42. The first-order valence-electron chi connectivity index (χ1n) is 11.3. The second-order valence-electron chi connectivity index (χ2n) is 8.42. The smallest absolute Gasteiger partial charge is 0.333 e. The molecule has 0 saturated carbocycles. The Balaban J connectivity index is 1.74. The summed E-state index contributed by atoms with van der Waals surface area (Å²) in [5.74, 6) is -0.774. The van der Waals surface area contributed by atoms with E-state index < -0.39 is 23.0 Å². The van der Waals surface area contributed by atoms with Crippen LogP contribution >= 0.6 is 0 Å². The van der Waals surface area contributed by atoms with Gasteiger partial charge in [0, 0.05) is 37.6 Å². The predicted molar refractivity (Wildman–Crippen MR) is 132 cm³/mol. The molecule has 4 aromatic rings. The van der Waals surface area contributed by atoms with Crippen LogP contribution in [-0.2, 0) is 29.1 Å². The van der Waals surface area contributed by atoms with Gasteiger partial charge in [-0.2, -0.15) is 0 Å². The van der Waals surface area contributed by atoms with E-state index in [1.807, 2.05) is 12.1 Å². The Morgan fingerprint density at radius 2 is 1.81 bits per heavy atom. The Morgan fingerprint density at radius 1 is 1.08 bits per heavy atom. The first-order valence-corrected chi connectivity index (χ1v) is 11.3. The van der Waals surface area contributed by atoms with Crippen LogP contribution in [0.25, 0.3) is 11.2 Å². The first-order chi connectivity index (χ1) is 17.2. The van der Waals surface area contributed by atoms with Crippen LogP contribution < -0.4 is 22.3 Å². The van der Waals surface area contributed by atoms with E-state index in [1.54, 1.807) is 18.2 Å². The number of H-pyrrole nitrogens is 1. The van der Waals surface area contributed by atoms with Gasteiger partial charge in [-0.15, -0.1) is 0 Å².